The van der Waals surface area contributed by atoms with Gasteiger partial charge in [-0.1, -0.05) is 18.2 Å². The largest absolute Gasteiger partial charge is 0.493 e. The monoisotopic (exact) mass is 331 g/mol. The Bertz CT molecular complexity index is 659. The normalized spacial score (nSPS) is 31.1. The lowest BCUT2D eigenvalue weighted by Gasteiger charge is -2.36. The predicted molar refractivity (Wildman–Crippen MR) is 90.5 cm³/mol. The highest BCUT2D eigenvalue weighted by Crippen LogP contribution is 2.55. The molecule has 0 bridgehead atoms. The fraction of sp³-hybridized carbons (Fsp3) is 0.579. The van der Waals surface area contributed by atoms with E-state index in [1.165, 1.54) is 11.1 Å². The van der Waals surface area contributed by atoms with Crippen LogP contribution < -0.4 is 9.47 Å². The van der Waals surface area contributed by atoms with E-state index in [1.807, 2.05) is 6.07 Å². The molecule has 1 aromatic rings. The van der Waals surface area contributed by atoms with Gasteiger partial charge in [-0.3, -0.25) is 0 Å². The van der Waals surface area contributed by atoms with Gasteiger partial charge < -0.3 is 23.8 Å². The molecule has 3 aliphatic rings. The summed E-state index contributed by atoms with van der Waals surface area (Å²) in [4.78, 5) is 2.38. The minimum Gasteiger partial charge on any atom is -0.493 e. The van der Waals surface area contributed by atoms with Gasteiger partial charge in [0.05, 0.1) is 18.6 Å². The molecule has 5 nitrogen and oxygen atoms in total. The van der Waals surface area contributed by atoms with Crippen molar-refractivity contribution in [2.24, 2.45) is 0 Å². The van der Waals surface area contributed by atoms with Crippen LogP contribution in [0.5, 0.6) is 11.5 Å². The number of hydrogen-bond acceptors (Lipinski definition) is 5. The molecule has 0 amide bonds. The molecule has 0 saturated heterocycles. The third-order valence-electron chi connectivity index (χ3n) is 5.53. The summed E-state index contributed by atoms with van der Waals surface area (Å²) in [5, 5.41) is 0. The van der Waals surface area contributed by atoms with Crippen LogP contribution in [0.4, 0.5) is 0 Å². The fourth-order valence-corrected chi connectivity index (χ4v) is 4.34. The third-order valence-corrected chi connectivity index (χ3v) is 5.53. The molecule has 1 unspecified atom stereocenters. The van der Waals surface area contributed by atoms with Crippen LogP contribution in [-0.4, -0.2) is 51.7 Å². The second kappa shape index (κ2) is 6.06. The van der Waals surface area contributed by atoms with Gasteiger partial charge in [0.1, 0.15) is 12.9 Å². The summed E-state index contributed by atoms with van der Waals surface area (Å²) in [6.07, 6.45) is 6.50. The molecule has 4 rings (SSSR count). The van der Waals surface area contributed by atoms with Gasteiger partial charge >= 0.3 is 0 Å². The summed E-state index contributed by atoms with van der Waals surface area (Å²) in [7, 11) is 5.54. The highest BCUT2D eigenvalue weighted by atomic mass is 16.7. The lowest BCUT2D eigenvalue weighted by Crippen LogP contribution is -2.43. The Labute approximate surface area is 143 Å². The van der Waals surface area contributed by atoms with Crippen molar-refractivity contribution >= 4 is 0 Å². The standard InChI is InChI=1S/C19H25NO4/c1-20-9-8-19-7-6-14(23-12-21-2)10-16(19)24-18-15(22-3)5-4-13(11-20)17(18)19/h4-7,14,16H,8-12H2,1-3H3/t14-,16?,19-/m0/s1. The molecular weight excluding hydrogens is 306 g/mol. The average molecular weight is 331 g/mol. The van der Waals surface area contributed by atoms with E-state index in [1.54, 1.807) is 14.2 Å². The van der Waals surface area contributed by atoms with E-state index in [-0.39, 0.29) is 17.6 Å². The number of benzene rings is 1. The first-order chi connectivity index (χ1) is 11.7. The van der Waals surface area contributed by atoms with E-state index in [4.69, 9.17) is 18.9 Å². The topological polar surface area (TPSA) is 40.2 Å². The molecule has 0 N–H and O–H groups in total. The SMILES string of the molecule is COCO[C@H]1C=C[C@@]23CCN(C)Cc4ccc(OC)c(c42)OC3C1. The van der Waals surface area contributed by atoms with Crippen molar-refractivity contribution < 1.29 is 18.9 Å². The zero-order valence-electron chi connectivity index (χ0n) is 14.6. The maximum Gasteiger partial charge on any atom is 0.166 e. The second-order valence-electron chi connectivity index (χ2n) is 6.97. The van der Waals surface area contributed by atoms with E-state index < -0.39 is 0 Å². The van der Waals surface area contributed by atoms with Gasteiger partial charge in [-0.25, -0.2) is 0 Å². The van der Waals surface area contributed by atoms with E-state index in [0.29, 0.717) is 6.79 Å². The Morgan fingerprint density at radius 2 is 2.21 bits per heavy atom. The number of nitrogens with zero attached hydrogens (tertiary/aromatic N) is 1. The van der Waals surface area contributed by atoms with Crippen LogP contribution in [0.1, 0.15) is 24.0 Å². The van der Waals surface area contributed by atoms with Crippen molar-refractivity contribution in [2.75, 3.05) is 34.6 Å². The van der Waals surface area contributed by atoms with Crippen molar-refractivity contribution in [1.29, 1.82) is 0 Å². The Balaban J connectivity index is 1.78. The average Bonchev–Trinajstić information content (AvgIpc) is 2.85. The van der Waals surface area contributed by atoms with Crippen molar-refractivity contribution in [2.45, 2.75) is 37.0 Å². The third kappa shape index (κ3) is 2.34. The van der Waals surface area contributed by atoms with Gasteiger partial charge in [0.15, 0.2) is 11.5 Å². The first-order valence-electron chi connectivity index (χ1n) is 8.53. The van der Waals surface area contributed by atoms with Crippen LogP contribution in [0.15, 0.2) is 24.3 Å². The van der Waals surface area contributed by atoms with Gasteiger partial charge in [-0.05, 0) is 31.6 Å². The Hall–Kier alpha value is -1.56. The number of ether oxygens (including phenoxy) is 4. The highest BCUT2D eigenvalue weighted by Gasteiger charge is 2.52. The van der Waals surface area contributed by atoms with E-state index >= 15 is 0 Å². The Kier molecular flexibility index (Phi) is 4.03. The van der Waals surface area contributed by atoms with Crippen LogP contribution >= 0.6 is 0 Å². The molecule has 2 heterocycles. The smallest absolute Gasteiger partial charge is 0.166 e. The first kappa shape index (κ1) is 15.9. The van der Waals surface area contributed by atoms with Crippen LogP contribution in [0.2, 0.25) is 0 Å². The van der Waals surface area contributed by atoms with Crippen molar-refractivity contribution in [3.05, 3.63) is 35.4 Å². The molecule has 0 saturated carbocycles. The molecule has 130 valence electrons. The van der Waals surface area contributed by atoms with Gasteiger partial charge in [-0.2, -0.15) is 0 Å². The minimum absolute atomic E-state index is 0.0327. The lowest BCUT2D eigenvalue weighted by atomic mass is 9.69. The lowest BCUT2D eigenvalue weighted by molar-refractivity contribution is -0.0712. The van der Waals surface area contributed by atoms with Gasteiger partial charge in [0, 0.05) is 25.6 Å². The quantitative estimate of drug-likeness (QED) is 0.626. The molecule has 1 spiro atoms. The molecular formula is C19H25NO4. The zero-order valence-corrected chi connectivity index (χ0v) is 14.6. The number of rotatable bonds is 4. The molecule has 1 aromatic carbocycles. The molecule has 5 heteroatoms. The summed E-state index contributed by atoms with van der Waals surface area (Å²) >= 11 is 0. The first-order valence-corrected chi connectivity index (χ1v) is 8.53. The van der Waals surface area contributed by atoms with Crippen molar-refractivity contribution in [1.82, 2.24) is 4.90 Å². The summed E-state index contributed by atoms with van der Waals surface area (Å²) in [5.41, 5.74) is 2.59. The molecule has 3 atom stereocenters. The predicted octanol–water partition coefficient (Wildman–Crippen LogP) is 2.48. The van der Waals surface area contributed by atoms with Crippen molar-refractivity contribution in [3.63, 3.8) is 0 Å². The maximum absolute atomic E-state index is 6.43. The molecule has 1 aliphatic carbocycles. The Morgan fingerprint density at radius 1 is 1.33 bits per heavy atom. The van der Waals surface area contributed by atoms with Crippen LogP contribution in [-0.2, 0) is 21.4 Å². The van der Waals surface area contributed by atoms with Gasteiger partial charge in [0.2, 0.25) is 0 Å². The highest BCUT2D eigenvalue weighted by molar-refractivity contribution is 5.60. The van der Waals surface area contributed by atoms with E-state index in [2.05, 4.69) is 30.2 Å². The summed E-state index contributed by atoms with van der Waals surface area (Å²) in [6, 6.07) is 4.22. The van der Waals surface area contributed by atoms with Gasteiger partial charge in [0.25, 0.3) is 0 Å². The van der Waals surface area contributed by atoms with Crippen LogP contribution in [0.3, 0.4) is 0 Å². The zero-order chi connectivity index (χ0) is 16.7. The van der Waals surface area contributed by atoms with Crippen LogP contribution in [0.25, 0.3) is 0 Å². The molecule has 0 fully saturated rings. The summed E-state index contributed by atoms with van der Waals surface area (Å²) in [6.45, 7) is 2.30. The second-order valence-corrected chi connectivity index (χ2v) is 6.97. The summed E-state index contributed by atoms with van der Waals surface area (Å²) in [5.74, 6) is 1.75. The summed E-state index contributed by atoms with van der Waals surface area (Å²) < 4.78 is 22.8. The number of methoxy groups -OCH3 is 2. The molecule has 24 heavy (non-hydrogen) atoms. The minimum atomic E-state index is -0.0725. The molecule has 0 aromatic heterocycles. The van der Waals surface area contributed by atoms with Crippen molar-refractivity contribution in [3.8, 4) is 11.5 Å². The Morgan fingerprint density at radius 3 is 3.00 bits per heavy atom. The fourth-order valence-electron chi connectivity index (χ4n) is 4.34. The van der Waals surface area contributed by atoms with E-state index in [9.17, 15) is 0 Å². The molecule has 0 radical (unpaired) electrons. The molecule has 2 aliphatic heterocycles. The van der Waals surface area contributed by atoms with Gasteiger partial charge in [-0.15, -0.1) is 0 Å². The van der Waals surface area contributed by atoms with E-state index in [0.717, 1.165) is 37.4 Å². The van der Waals surface area contributed by atoms with Crippen LogP contribution in [0, 0.1) is 0 Å². The maximum atomic E-state index is 6.43. The number of hydrogen-bond donors (Lipinski definition) is 0.